The number of hydrogen-bond donors (Lipinski definition) is 2. The molecule has 4 rings (SSSR count). The Kier molecular flexibility index (Phi) is 5.68. The third-order valence-corrected chi connectivity index (χ3v) is 6.99. The zero-order chi connectivity index (χ0) is 22.9. The van der Waals surface area contributed by atoms with Gasteiger partial charge in [-0.25, -0.2) is 13.1 Å². The zero-order valence-electron chi connectivity index (χ0n) is 17.5. The molecule has 0 radical (unpaired) electrons. The largest absolute Gasteiger partial charge is 0.507 e. The van der Waals surface area contributed by atoms with Crippen LogP contribution in [0.5, 0.6) is 11.5 Å². The highest BCUT2D eigenvalue weighted by Gasteiger charge is 2.27. The Labute approximate surface area is 186 Å². The molecule has 0 fully saturated rings. The lowest BCUT2D eigenvalue weighted by molar-refractivity contribution is 0.430. The number of aromatic nitrogens is 3. The fraction of sp³-hybridized carbons (Fsp3) is 0.130. The van der Waals surface area contributed by atoms with Crippen molar-refractivity contribution in [2.45, 2.75) is 18.4 Å². The van der Waals surface area contributed by atoms with Crippen LogP contribution in [0.1, 0.15) is 11.1 Å². The Morgan fingerprint density at radius 3 is 2.50 bits per heavy atom. The molecule has 0 aliphatic heterocycles. The fourth-order valence-electron chi connectivity index (χ4n) is 3.47. The fourth-order valence-corrected chi connectivity index (χ4v) is 4.72. The molecule has 0 atom stereocenters. The molecule has 0 saturated heterocycles. The van der Waals surface area contributed by atoms with E-state index in [0.29, 0.717) is 11.3 Å². The summed E-state index contributed by atoms with van der Waals surface area (Å²) < 4.78 is 29.2. The normalized spacial score (nSPS) is 11.7. The summed E-state index contributed by atoms with van der Waals surface area (Å²) in [6, 6.07) is 15.1. The van der Waals surface area contributed by atoms with Crippen molar-refractivity contribution >= 4 is 10.0 Å². The third-order valence-electron chi connectivity index (χ3n) is 5.16. The Hall–Kier alpha value is -3.69. The molecular weight excluding hydrogens is 428 g/mol. The molecule has 0 bridgehead atoms. The van der Waals surface area contributed by atoms with E-state index in [9.17, 15) is 18.6 Å². The first kappa shape index (κ1) is 21.5. The number of rotatable bonds is 6. The van der Waals surface area contributed by atoms with Crippen molar-refractivity contribution < 1.29 is 18.6 Å². The smallest absolute Gasteiger partial charge is 0.246 e. The SMILES string of the molecule is Cc1ccccc1-n1nccc1-c1cc(S(=O)(=O)N(C)Cc2cccnc2)c(O)cc1O. The van der Waals surface area contributed by atoms with Crippen LogP contribution in [-0.2, 0) is 16.6 Å². The topological polar surface area (TPSA) is 109 Å². The molecular formula is C23H22N4O4S. The summed E-state index contributed by atoms with van der Waals surface area (Å²) in [6.07, 6.45) is 4.75. The van der Waals surface area contributed by atoms with Gasteiger partial charge in [0.05, 0.1) is 17.6 Å². The van der Waals surface area contributed by atoms with Crippen molar-refractivity contribution in [1.29, 1.82) is 0 Å². The van der Waals surface area contributed by atoms with Gasteiger partial charge in [-0.15, -0.1) is 0 Å². The number of benzene rings is 2. The first-order valence-electron chi connectivity index (χ1n) is 9.80. The Morgan fingerprint density at radius 1 is 1.00 bits per heavy atom. The standard InChI is InChI=1S/C23H22N4O4S/c1-16-6-3-4-8-19(16)27-20(9-11-25-27)18-12-23(22(29)13-21(18)28)32(30,31)26(2)15-17-7-5-10-24-14-17/h3-14,28-29H,15H2,1-2H3. The first-order valence-corrected chi connectivity index (χ1v) is 11.2. The van der Waals surface area contributed by atoms with Crippen molar-refractivity contribution in [3.63, 3.8) is 0 Å². The van der Waals surface area contributed by atoms with Crippen LogP contribution in [0.4, 0.5) is 0 Å². The summed E-state index contributed by atoms with van der Waals surface area (Å²) in [5.41, 5.74) is 3.17. The summed E-state index contributed by atoms with van der Waals surface area (Å²) >= 11 is 0. The van der Waals surface area contributed by atoms with Crippen molar-refractivity contribution in [2.75, 3.05) is 7.05 Å². The van der Waals surface area contributed by atoms with E-state index >= 15 is 0 Å². The predicted molar refractivity (Wildman–Crippen MR) is 120 cm³/mol. The molecule has 0 unspecified atom stereocenters. The molecule has 9 heteroatoms. The quantitative estimate of drug-likeness (QED) is 0.466. The Morgan fingerprint density at radius 2 is 1.78 bits per heavy atom. The number of phenolic OH excluding ortho intramolecular Hbond substituents is 2. The molecule has 2 aromatic heterocycles. The molecule has 164 valence electrons. The van der Waals surface area contributed by atoms with Crippen molar-refractivity contribution in [1.82, 2.24) is 19.1 Å². The van der Waals surface area contributed by atoms with Crippen LogP contribution in [0, 0.1) is 6.92 Å². The van der Waals surface area contributed by atoms with Crippen molar-refractivity contribution in [3.05, 3.63) is 84.3 Å². The number of aromatic hydroxyl groups is 2. The summed E-state index contributed by atoms with van der Waals surface area (Å²) in [5.74, 6) is -0.794. The van der Waals surface area contributed by atoms with Gasteiger partial charge in [-0.1, -0.05) is 24.3 Å². The predicted octanol–water partition coefficient (Wildman–Crippen LogP) is 3.47. The monoisotopic (exact) mass is 450 g/mol. The van der Waals surface area contributed by atoms with Gasteiger partial charge >= 0.3 is 0 Å². The highest BCUT2D eigenvalue weighted by atomic mass is 32.2. The van der Waals surface area contributed by atoms with E-state index < -0.39 is 15.8 Å². The van der Waals surface area contributed by atoms with Gasteiger partial charge in [-0.2, -0.15) is 9.40 Å². The highest BCUT2D eigenvalue weighted by molar-refractivity contribution is 7.89. The van der Waals surface area contributed by atoms with Gasteiger partial charge in [-0.05, 0) is 42.3 Å². The first-order chi connectivity index (χ1) is 15.3. The number of sulfonamides is 1. The average molecular weight is 451 g/mol. The summed E-state index contributed by atoms with van der Waals surface area (Å²) in [5, 5.41) is 25.3. The van der Waals surface area contributed by atoms with Crippen LogP contribution in [0.15, 0.2) is 78.1 Å². The van der Waals surface area contributed by atoms with Gasteiger partial charge in [0.15, 0.2) is 0 Å². The van der Waals surface area contributed by atoms with Gasteiger partial charge in [0.2, 0.25) is 10.0 Å². The van der Waals surface area contributed by atoms with E-state index in [0.717, 1.165) is 21.6 Å². The van der Waals surface area contributed by atoms with Gasteiger partial charge in [-0.3, -0.25) is 4.98 Å². The molecule has 2 heterocycles. The number of phenols is 2. The van der Waals surface area contributed by atoms with Crippen LogP contribution >= 0.6 is 0 Å². The Bertz CT molecular complexity index is 1370. The van der Waals surface area contributed by atoms with Crippen LogP contribution in [0.25, 0.3) is 16.9 Å². The van der Waals surface area contributed by atoms with Crippen LogP contribution in [-0.4, -0.2) is 44.7 Å². The minimum absolute atomic E-state index is 0.0764. The van der Waals surface area contributed by atoms with E-state index in [4.69, 9.17) is 0 Å². The van der Waals surface area contributed by atoms with Crippen LogP contribution in [0.3, 0.4) is 0 Å². The van der Waals surface area contributed by atoms with Crippen LogP contribution in [0.2, 0.25) is 0 Å². The lowest BCUT2D eigenvalue weighted by Gasteiger charge is -2.19. The molecule has 2 N–H and O–H groups in total. The molecule has 0 saturated carbocycles. The molecule has 4 aromatic rings. The van der Waals surface area contributed by atoms with Crippen molar-refractivity contribution in [2.24, 2.45) is 0 Å². The second kappa shape index (κ2) is 8.45. The number of pyridine rings is 1. The number of aryl methyl sites for hydroxylation is 1. The molecule has 8 nitrogen and oxygen atoms in total. The van der Waals surface area contributed by atoms with Crippen LogP contribution < -0.4 is 0 Å². The number of para-hydroxylation sites is 1. The molecule has 0 amide bonds. The lowest BCUT2D eigenvalue weighted by atomic mass is 10.1. The molecule has 2 aromatic carbocycles. The summed E-state index contributed by atoms with van der Waals surface area (Å²) in [4.78, 5) is 3.69. The number of nitrogens with zero attached hydrogens (tertiary/aromatic N) is 4. The maximum absolute atomic E-state index is 13.2. The average Bonchev–Trinajstić information content (AvgIpc) is 3.24. The number of hydrogen-bond acceptors (Lipinski definition) is 6. The maximum atomic E-state index is 13.2. The Balaban J connectivity index is 1.79. The summed E-state index contributed by atoms with van der Waals surface area (Å²) in [6.45, 7) is 2.01. The van der Waals surface area contributed by atoms with Gasteiger partial charge in [0.25, 0.3) is 0 Å². The van der Waals surface area contributed by atoms with E-state index in [2.05, 4.69) is 10.1 Å². The van der Waals surface area contributed by atoms with E-state index in [1.807, 2.05) is 31.2 Å². The lowest BCUT2D eigenvalue weighted by Crippen LogP contribution is -2.26. The summed E-state index contributed by atoms with van der Waals surface area (Å²) in [7, 11) is -2.65. The third kappa shape index (κ3) is 3.95. The van der Waals surface area contributed by atoms with E-state index in [1.54, 1.807) is 41.5 Å². The van der Waals surface area contributed by atoms with Gasteiger partial charge in [0, 0.05) is 37.6 Å². The second-order valence-electron chi connectivity index (χ2n) is 7.37. The minimum atomic E-state index is -4.07. The molecule has 0 aliphatic rings. The molecule has 32 heavy (non-hydrogen) atoms. The van der Waals surface area contributed by atoms with E-state index in [-0.39, 0.29) is 22.8 Å². The molecule has 0 spiro atoms. The zero-order valence-corrected chi connectivity index (χ0v) is 18.4. The minimum Gasteiger partial charge on any atom is -0.507 e. The van der Waals surface area contributed by atoms with Gasteiger partial charge in [0.1, 0.15) is 16.4 Å². The van der Waals surface area contributed by atoms with Gasteiger partial charge < -0.3 is 10.2 Å². The molecule has 0 aliphatic carbocycles. The second-order valence-corrected chi connectivity index (χ2v) is 9.39. The highest BCUT2D eigenvalue weighted by Crippen LogP contribution is 2.38. The maximum Gasteiger partial charge on any atom is 0.246 e. The van der Waals surface area contributed by atoms with E-state index in [1.165, 1.54) is 13.1 Å². The van der Waals surface area contributed by atoms with Crippen molar-refractivity contribution in [3.8, 4) is 28.4 Å².